The molecule has 0 saturated carbocycles. The molecule has 0 bridgehead atoms. The first kappa shape index (κ1) is 25.1. The van der Waals surface area contributed by atoms with Crippen LogP contribution in [0.1, 0.15) is 31.2 Å². The number of nitro groups is 1. The highest BCUT2D eigenvalue weighted by Gasteiger charge is 2.16. The molecule has 13 heteroatoms. The SMILES string of the molecule is COc1cc(C=NNc2nc(Nc3ccc([N+](=O)[O-])cc3)nc(N3CCCCCC3)n2)cc(Br)c1O. The van der Waals surface area contributed by atoms with Gasteiger partial charge in [-0.25, -0.2) is 5.43 Å². The number of non-ortho nitro benzene ring substituents is 1. The number of hydrogen-bond donors (Lipinski definition) is 3. The van der Waals surface area contributed by atoms with E-state index in [0.717, 1.165) is 38.8 Å². The molecule has 188 valence electrons. The van der Waals surface area contributed by atoms with Crippen molar-refractivity contribution in [3.63, 3.8) is 0 Å². The molecule has 1 aliphatic heterocycles. The lowest BCUT2D eigenvalue weighted by Gasteiger charge is -2.21. The number of aromatic hydroxyl groups is 1. The van der Waals surface area contributed by atoms with Crippen molar-refractivity contribution in [2.24, 2.45) is 5.10 Å². The Balaban J connectivity index is 1.58. The number of nitrogens with one attached hydrogen (secondary N) is 2. The second-order valence-corrected chi connectivity index (χ2v) is 8.89. The third kappa shape index (κ3) is 6.36. The Labute approximate surface area is 215 Å². The zero-order valence-electron chi connectivity index (χ0n) is 19.5. The lowest BCUT2D eigenvalue weighted by molar-refractivity contribution is -0.384. The van der Waals surface area contributed by atoms with Crippen LogP contribution in [0.2, 0.25) is 0 Å². The van der Waals surface area contributed by atoms with E-state index >= 15 is 0 Å². The average Bonchev–Trinajstić information content (AvgIpc) is 3.16. The van der Waals surface area contributed by atoms with Gasteiger partial charge in [0.25, 0.3) is 5.69 Å². The van der Waals surface area contributed by atoms with Crippen LogP contribution in [0, 0.1) is 10.1 Å². The number of nitro benzene ring substituents is 1. The maximum absolute atomic E-state index is 10.9. The molecule has 2 aromatic carbocycles. The van der Waals surface area contributed by atoms with E-state index < -0.39 is 4.92 Å². The summed E-state index contributed by atoms with van der Waals surface area (Å²) in [4.78, 5) is 26.1. The summed E-state index contributed by atoms with van der Waals surface area (Å²) in [5.41, 5.74) is 4.12. The van der Waals surface area contributed by atoms with Crippen LogP contribution in [0.25, 0.3) is 0 Å². The number of halogens is 1. The topological polar surface area (TPSA) is 151 Å². The number of rotatable bonds is 8. The number of nitrogens with zero attached hydrogens (tertiary/aromatic N) is 6. The maximum Gasteiger partial charge on any atom is 0.269 e. The van der Waals surface area contributed by atoms with Crippen molar-refractivity contribution in [3.8, 4) is 11.5 Å². The number of aromatic nitrogens is 3. The van der Waals surface area contributed by atoms with Gasteiger partial charge in [-0.2, -0.15) is 20.1 Å². The lowest BCUT2D eigenvalue weighted by atomic mass is 10.2. The monoisotopic (exact) mass is 556 g/mol. The molecule has 0 atom stereocenters. The molecule has 3 aromatic rings. The molecule has 0 aliphatic carbocycles. The fraction of sp³-hybridized carbons (Fsp3) is 0.304. The standard InChI is InChI=1S/C23H25BrN8O4/c1-36-19-13-15(12-18(24)20(19)33)14-25-30-22-27-21(26-16-6-8-17(9-7-16)32(34)35)28-23(29-22)31-10-4-2-3-5-11-31/h6-9,12-14,33H,2-5,10-11H2,1H3,(H2,26,27,28,29,30). The van der Waals surface area contributed by atoms with Gasteiger partial charge in [-0.1, -0.05) is 12.8 Å². The van der Waals surface area contributed by atoms with Crippen LogP contribution >= 0.6 is 15.9 Å². The number of ether oxygens (including phenoxy) is 1. The quantitative estimate of drug-likeness (QED) is 0.200. The van der Waals surface area contributed by atoms with Gasteiger partial charge in [0.15, 0.2) is 11.5 Å². The fourth-order valence-electron chi connectivity index (χ4n) is 3.67. The number of hydrazone groups is 1. The van der Waals surface area contributed by atoms with Crippen LogP contribution in [-0.4, -0.2) is 51.4 Å². The summed E-state index contributed by atoms with van der Waals surface area (Å²) >= 11 is 3.29. The summed E-state index contributed by atoms with van der Waals surface area (Å²) < 4.78 is 5.64. The van der Waals surface area contributed by atoms with Crippen molar-refractivity contribution in [2.45, 2.75) is 25.7 Å². The second kappa shape index (κ2) is 11.6. The highest BCUT2D eigenvalue weighted by atomic mass is 79.9. The minimum absolute atomic E-state index is 0.00382. The van der Waals surface area contributed by atoms with Crippen LogP contribution < -0.4 is 20.4 Å². The van der Waals surface area contributed by atoms with Crippen LogP contribution in [0.4, 0.5) is 29.2 Å². The molecule has 3 N–H and O–H groups in total. The van der Waals surface area contributed by atoms with Gasteiger partial charge in [-0.05, 0) is 58.6 Å². The molecule has 12 nitrogen and oxygen atoms in total. The van der Waals surface area contributed by atoms with Gasteiger partial charge in [0.2, 0.25) is 17.8 Å². The smallest absolute Gasteiger partial charge is 0.269 e. The molecule has 0 unspecified atom stereocenters. The highest BCUT2D eigenvalue weighted by Crippen LogP contribution is 2.34. The summed E-state index contributed by atoms with van der Waals surface area (Å²) in [7, 11) is 1.47. The lowest BCUT2D eigenvalue weighted by Crippen LogP contribution is -2.26. The van der Waals surface area contributed by atoms with Gasteiger partial charge in [-0.15, -0.1) is 0 Å². The molecule has 0 radical (unpaired) electrons. The van der Waals surface area contributed by atoms with Crippen LogP contribution in [0.5, 0.6) is 11.5 Å². The first-order valence-electron chi connectivity index (χ1n) is 11.3. The summed E-state index contributed by atoms with van der Waals surface area (Å²) in [6.07, 6.45) is 5.98. The molecule has 1 saturated heterocycles. The van der Waals surface area contributed by atoms with E-state index in [-0.39, 0.29) is 23.3 Å². The van der Waals surface area contributed by atoms with E-state index in [1.54, 1.807) is 30.5 Å². The minimum Gasteiger partial charge on any atom is -0.503 e. The molecule has 0 amide bonds. The maximum atomic E-state index is 10.9. The van der Waals surface area contributed by atoms with Gasteiger partial charge in [0.05, 0.1) is 22.7 Å². The zero-order valence-corrected chi connectivity index (χ0v) is 21.1. The number of methoxy groups -OCH3 is 1. The van der Waals surface area contributed by atoms with E-state index in [1.807, 2.05) is 0 Å². The number of benzene rings is 2. The van der Waals surface area contributed by atoms with Crippen LogP contribution in [0.15, 0.2) is 46.0 Å². The van der Waals surface area contributed by atoms with E-state index in [4.69, 9.17) is 4.74 Å². The van der Waals surface area contributed by atoms with E-state index in [1.165, 1.54) is 19.2 Å². The van der Waals surface area contributed by atoms with Crippen molar-refractivity contribution in [2.75, 3.05) is 35.8 Å². The normalized spacial score (nSPS) is 13.9. The first-order chi connectivity index (χ1) is 17.4. The van der Waals surface area contributed by atoms with Crippen LogP contribution in [0.3, 0.4) is 0 Å². The molecule has 36 heavy (non-hydrogen) atoms. The number of anilines is 4. The minimum atomic E-state index is -0.452. The molecule has 4 rings (SSSR count). The average molecular weight is 557 g/mol. The Hall–Kier alpha value is -4.00. The highest BCUT2D eigenvalue weighted by molar-refractivity contribution is 9.10. The van der Waals surface area contributed by atoms with Crippen molar-refractivity contribution < 1.29 is 14.8 Å². The van der Waals surface area contributed by atoms with Crippen molar-refractivity contribution in [3.05, 3.63) is 56.5 Å². The molecule has 2 heterocycles. The Kier molecular flexibility index (Phi) is 8.10. The summed E-state index contributed by atoms with van der Waals surface area (Å²) in [5, 5.41) is 28.3. The summed E-state index contributed by atoms with van der Waals surface area (Å²) in [6.45, 7) is 1.68. The largest absolute Gasteiger partial charge is 0.503 e. The predicted molar refractivity (Wildman–Crippen MR) is 140 cm³/mol. The Morgan fingerprint density at radius 3 is 2.47 bits per heavy atom. The Morgan fingerprint density at radius 2 is 1.81 bits per heavy atom. The van der Waals surface area contributed by atoms with Gasteiger partial charge < -0.3 is 20.1 Å². The van der Waals surface area contributed by atoms with Gasteiger partial charge in [0.1, 0.15) is 0 Å². The predicted octanol–water partition coefficient (Wildman–Crippen LogP) is 4.83. The van der Waals surface area contributed by atoms with Crippen molar-refractivity contribution in [1.82, 2.24) is 15.0 Å². The third-order valence-corrected chi connectivity index (χ3v) is 6.10. The molecule has 1 fully saturated rings. The first-order valence-corrected chi connectivity index (χ1v) is 12.1. The Bertz CT molecular complexity index is 1250. The van der Waals surface area contributed by atoms with E-state index in [0.29, 0.717) is 27.4 Å². The van der Waals surface area contributed by atoms with Gasteiger partial charge >= 0.3 is 0 Å². The molecule has 1 aliphatic rings. The Morgan fingerprint density at radius 1 is 1.11 bits per heavy atom. The fourth-order valence-corrected chi connectivity index (χ4v) is 4.13. The molecular weight excluding hydrogens is 532 g/mol. The van der Waals surface area contributed by atoms with E-state index in [9.17, 15) is 15.2 Å². The van der Waals surface area contributed by atoms with Crippen molar-refractivity contribution in [1.29, 1.82) is 0 Å². The summed E-state index contributed by atoms with van der Waals surface area (Å²) in [5.74, 6) is 1.34. The van der Waals surface area contributed by atoms with Gasteiger partial charge in [0, 0.05) is 30.9 Å². The number of phenolic OH excluding ortho intramolecular Hbond substituents is 1. The molecule has 1 aromatic heterocycles. The number of hydrogen-bond acceptors (Lipinski definition) is 11. The molecule has 0 spiro atoms. The third-order valence-electron chi connectivity index (χ3n) is 5.50. The zero-order chi connectivity index (χ0) is 25.5. The molecular formula is C23H25BrN8O4. The second-order valence-electron chi connectivity index (χ2n) is 8.04. The summed E-state index contributed by atoms with van der Waals surface area (Å²) in [6, 6.07) is 9.34. The number of phenols is 1. The van der Waals surface area contributed by atoms with E-state index in [2.05, 4.69) is 51.6 Å². The van der Waals surface area contributed by atoms with Crippen molar-refractivity contribution >= 4 is 51.4 Å². The van der Waals surface area contributed by atoms with Gasteiger partial charge in [-0.3, -0.25) is 10.1 Å². The van der Waals surface area contributed by atoms with Crippen LogP contribution in [-0.2, 0) is 0 Å².